The van der Waals surface area contributed by atoms with Gasteiger partial charge in [-0.1, -0.05) is 6.92 Å². The van der Waals surface area contributed by atoms with Crippen molar-refractivity contribution in [1.82, 2.24) is 0 Å². The molecule has 0 aliphatic carbocycles. The lowest BCUT2D eigenvalue weighted by Crippen LogP contribution is -2.28. The number of hydrogen-bond donors (Lipinski definition) is 0. The molecule has 1 aromatic heterocycles. The molecular weight excluding hydrogens is 388 g/mol. The van der Waals surface area contributed by atoms with Crippen molar-refractivity contribution < 1.29 is 39.7 Å². The lowest BCUT2D eigenvalue weighted by Gasteiger charge is -2.13. The molecule has 0 saturated carbocycles. The van der Waals surface area contributed by atoms with Crippen molar-refractivity contribution in [2.24, 2.45) is 0 Å². The molecule has 0 amide bonds. The number of carbonyl (C=O) groups excluding carboxylic acids is 1. The molecule has 0 saturated heterocycles. The predicted octanol–water partition coefficient (Wildman–Crippen LogP) is 4.26. The quantitative estimate of drug-likeness (QED) is 0.314. The Bertz CT molecular complexity index is 915. The fourth-order valence-corrected chi connectivity index (χ4v) is 3.50. The van der Waals surface area contributed by atoms with Crippen molar-refractivity contribution in [3.63, 3.8) is 0 Å². The van der Waals surface area contributed by atoms with Crippen molar-refractivity contribution >= 4 is 37.3 Å². The first kappa shape index (κ1) is 19.4. The van der Waals surface area contributed by atoms with E-state index in [0.717, 1.165) is 30.6 Å². The van der Waals surface area contributed by atoms with Crippen molar-refractivity contribution in [2.75, 3.05) is 7.11 Å². The number of ketones is 1. The lowest BCUT2D eigenvalue weighted by molar-refractivity contribution is -0.0501. The van der Waals surface area contributed by atoms with Gasteiger partial charge in [0.25, 0.3) is 0 Å². The van der Waals surface area contributed by atoms with Crippen LogP contribution in [-0.4, -0.2) is 26.8 Å². The Morgan fingerprint density at radius 3 is 2.44 bits per heavy atom. The third-order valence-electron chi connectivity index (χ3n) is 3.13. The number of halogens is 4. The van der Waals surface area contributed by atoms with Crippen LogP contribution in [-0.2, 0) is 10.1 Å². The van der Waals surface area contributed by atoms with Gasteiger partial charge in [0, 0.05) is 22.6 Å². The van der Waals surface area contributed by atoms with Crippen LogP contribution < -0.4 is 8.92 Å². The molecule has 0 aliphatic rings. The van der Waals surface area contributed by atoms with Gasteiger partial charge in [-0.25, -0.2) is 4.39 Å². The topological polar surface area (TPSA) is 69.7 Å². The molecule has 0 atom stereocenters. The molecule has 138 valence electrons. The van der Waals surface area contributed by atoms with E-state index in [1.165, 1.54) is 0 Å². The first-order chi connectivity index (χ1) is 11.5. The van der Waals surface area contributed by atoms with Gasteiger partial charge in [-0.05, 0) is 12.5 Å². The average molecular weight is 400 g/mol. The third kappa shape index (κ3) is 3.71. The number of rotatable bonds is 6. The average Bonchev–Trinajstić information content (AvgIpc) is 2.93. The molecule has 11 heteroatoms. The minimum atomic E-state index is -6.08. The summed E-state index contributed by atoms with van der Waals surface area (Å²) in [5.74, 6) is -3.35. The zero-order chi connectivity index (χ0) is 19.0. The molecule has 0 N–H and O–H groups in total. The van der Waals surface area contributed by atoms with Crippen LogP contribution in [0.3, 0.4) is 0 Å². The minimum Gasteiger partial charge on any atom is -0.493 e. The van der Waals surface area contributed by atoms with Gasteiger partial charge >= 0.3 is 15.6 Å². The molecule has 0 spiro atoms. The van der Waals surface area contributed by atoms with Crippen LogP contribution in [0.4, 0.5) is 17.6 Å². The van der Waals surface area contributed by atoms with E-state index in [0.29, 0.717) is 6.42 Å². The number of alkyl halides is 3. The smallest absolute Gasteiger partial charge is 0.493 e. The summed E-state index contributed by atoms with van der Waals surface area (Å²) < 4.78 is 83.2. The summed E-state index contributed by atoms with van der Waals surface area (Å²) in [4.78, 5) is 12.1. The SMILES string of the molecule is CCCC(=O)c1cc2c(F)c(OS(=O)(=O)C(F)(F)F)c(OC)cc2s1. The molecule has 0 unspecified atom stereocenters. The molecule has 25 heavy (non-hydrogen) atoms. The molecular formula is C14H12F4O5S2. The van der Waals surface area contributed by atoms with Crippen LogP contribution in [0.5, 0.6) is 11.5 Å². The maximum atomic E-state index is 14.6. The monoisotopic (exact) mass is 400 g/mol. The van der Waals surface area contributed by atoms with E-state index in [2.05, 4.69) is 4.18 Å². The van der Waals surface area contributed by atoms with Gasteiger partial charge < -0.3 is 8.92 Å². The van der Waals surface area contributed by atoms with Crippen molar-refractivity contribution in [3.05, 3.63) is 22.8 Å². The summed E-state index contributed by atoms with van der Waals surface area (Å²) in [6, 6.07) is 2.27. The second-order valence-electron chi connectivity index (χ2n) is 4.90. The Kier molecular flexibility index (Phi) is 5.28. The van der Waals surface area contributed by atoms with E-state index in [1.807, 2.05) is 0 Å². The molecule has 1 aromatic carbocycles. The number of hydrogen-bond acceptors (Lipinski definition) is 6. The molecule has 0 fully saturated rings. The number of methoxy groups -OCH3 is 1. The summed E-state index contributed by atoms with van der Waals surface area (Å²) in [7, 11) is -5.06. The van der Waals surface area contributed by atoms with Crippen molar-refractivity contribution in [1.29, 1.82) is 0 Å². The Balaban J connectivity index is 2.61. The zero-order valence-electron chi connectivity index (χ0n) is 12.9. The Hall–Kier alpha value is -1.88. The van der Waals surface area contributed by atoms with E-state index in [4.69, 9.17) is 4.74 Å². The van der Waals surface area contributed by atoms with Gasteiger partial charge in [0.15, 0.2) is 17.3 Å². The highest BCUT2D eigenvalue weighted by Gasteiger charge is 2.49. The Labute approximate surface area is 144 Å². The van der Waals surface area contributed by atoms with Crippen LogP contribution in [0.15, 0.2) is 12.1 Å². The highest BCUT2D eigenvalue weighted by molar-refractivity contribution is 7.88. The Morgan fingerprint density at radius 1 is 1.28 bits per heavy atom. The Morgan fingerprint density at radius 2 is 1.92 bits per heavy atom. The maximum absolute atomic E-state index is 14.6. The van der Waals surface area contributed by atoms with Crippen molar-refractivity contribution in [2.45, 2.75) is 25.3 Å². The van der Waals surface area contributed by atoms with Gasteiger partial charge in [-0.2, -0.15) is 21.6 Å². The molecule has 5 nitrogen and oxygen atoms in total. The number of carbonyl (C=O) groups is 1. The van der Waals surface area contributed by atoms with Crippen LogP contribution in [0.2, 0.25) is 0 Å². The molecule has 1 heterocycles. The number of Topliss-reactive ketones (excluding diaryl/α,β-unsaturated/α-hetero) is 1. The zero-order valence-corrected chi connectivity index (χ0v) is 14.6. The standard InChI is InChI=1S/C14H12F4O5S2/c1-3-4-8(19)11-5-7-10(24-11)6-9(22-2)13(12(7)15)23-25(20,21)14(16,17)18/h5-6H,3-4H2,1-2H3. The van der Waals surface area contributed by atoms with Gasteiger partial charge in [-0.15, -0.1) is 11.3 Å². The summed E-state index contributed by atoms with van der Waals surface area (Å²) in [6.45, 7) is 1.78. The van der Waals surface area contributed by atoms with E-state index < -0.39 is 32.9 Å². The normalized spacial score (nSPS) is 12.4. The van der Waals surface area contributed by atoms with Crippen LogP contribution >= 0.6 is 11.3 Å². The van der Waals surface area contributed by atoms with Crippen molar-refractivity contribution in [3.8, 4) is 11.5 Å². The number of thiophene rings is 1. The van der Waals surface area contributed by atoms with Gasteiger partial charge in [0.2, 0.25) is 5.75 Å². The van der Waals surface area contributed by atoms with E-state index in [9.17, 15) is 30.8 Å². The fraction of sp³-hybridized carbons (Fsp3) is 0.357. The first-order valence-electron chi connectivity index (χ1n) is 6.85. The van der Waals surface area contributed by atoms with Crippen LogP contribution in [0.25, 0.3) is 10.1 Å². The van der Waals surface area contributed by atoms with E-state index in [-0.39, 0.29) is 27.2 Å². The third-order valence-corrected chi connectivity index (χ3v) is 5.21. The van der Waals surface area contributed by atoms with E-state index in [1.54, 1.807) is 6.92 Å². The molecule has 2 aromatic rings. The second-order valence-corrected chi connectivity index (χ2v) is 7.52. The highest BCUT2D eigenvalue weighted by Crippen LogP contribution is 2.42. The second kappa shape index (κ2) is 6.79. The lowest BCUT2D eigenvalue weighted by atomic mass is 10.1. The summed E-state index contributed by atoms with van der Waals surface area (Å²) in [6.07, 6.45) is 0.786. The van der Waals surface area contributed by atoms with Gasteiger partial charge in [0.1, 0.15) is 0 Å². The van der Waals surface area contributed by atoms with E-state index >= 15 is 0 Å². The van der Waals surface area contributed by atoms with Crippen LogP contribution in [0.1, 0.15) is 29.4 Å². The highest BCUT2D eigenvalue weighted by atomic mass is 32.2. The predicted molar refractivity (Wildman–Crippen MR) is 83.2 cm³/mol. The first-order valence-corrected chi connectivity index (χ1v) is 9.08. The largest absolute Gasteiger partial charge is 0.534 e. The number of fused-ring (bicyclic) bond motifs is 1. The molecule has 2 rings (SSSR count). The fourth-order valence-electron chi connectivity index (χ4n) is 1.97. The minimum absolute atomic E-state index is 0.202. The maximum Gasteiger partial charge on any atom is 0.534 e. The molecule has 0 bridgehead atoms. The summed E-state index contributed by atoms with van der Waals surface area (Å²) in [5, 5.41) is -0.224. The van der Waals surface area contributed by atoms with Gasteiger partial charge in [-0.3, -0.25) is 4.79 Å². The molecule has 0 radical (unpaired) electrons. The van der Waals surface area contributed by atoms with Crippen LogP contribution in [0, 0.1) is 5.82 Å². The van der Waals surface area contributed by atoms with Gasteiger partial charge in [0.05, 0.1) is 12.0 Å². The number of ether oxygens (including phenoxy) is 1. The summed E-state index contributed by atoms with van der Waals surface area (Å²) in [5.41, 5.74) is -5.73. The number of benzene rings is 1. The summed E-state index contributed by atoms with van der Waals surface area (Å²) >= 11 is 0.924. The molecule has 0 aliphatic heterocycles.